The Morgan fingerprint density at radius 1 is 1.75 bits per heavy atom. The van der Waals surface area contributed by atoms with E-state index in [4.69, 9.17) is 15.6 Å². The van der Waals surface area contributed by atoms with Gasteiger partial charge in [-0.1, -0.05) is 0 Å². The molecule has 2 atom stereocenters. The monoisotopic (exact) mass is 119 g/mol. The van der Waals surface area contributed by atoms with Gasteiger partial charge in [0.2, 0.25) is 0 Å². The molecule has 0 aliphatic heterocycles. The third-order valence-corrected chi connectivity index (χ3v) is 0.911. The van der Waals surface area contributed by atoms with E-state index in [-0.39, 0.29) is 6.10 Å². The fourth-order valence-corrected chi connectivity index (χ4v) is 0.361. The molecule has 0 fully saturated rings. The molecule has 3 nitrogen and oxygen atoms in total. The highest BCUT2D eigenvalue weighted by molar-refractivity contribution is 4.53. The van der Waals surface area contributed by atoms with Crippen LogP contribution in [0.15, 0.2) is 0 Å². The lowest BCUT2D eigenvalue weighted by Crippen LogP contribution is -2.33. The zero-order valence-electron chi connectivity index (χ0n) is 5.29. The van der Waals surface area contributed by atoms with Gasteiger partial charge in [-0.05, 0) is 13.8 Å². The van der Waals surface area contributed by atoms with E-state index in [1.165, 1.54) is 0 Å². The summed E-state index contributed by atoms with van der Waals surface area (Å²) in [5.74, 6) is 0. The molecule has 0 spiro atoms. The molecular formula is C5H13NO2. The van der Waals surface area contributed by atoms with E-state index in [0.29, 0.717) is 6.61 Å². The van der Waals surface area contributed by atoms with Crippen LogP contribution in [-0.4, -0.2) is 24.0 Å². The van der Waals surface area contributed by atoms with Crippen molar-refractivity contribution in [1.82, 2.24) is 0 Å². The molecule has 0 rings (SSSR count). The second kappa shape index (κ2) is 3.83. The first-order chi connectivity index (χ1) is 3.68. The summed E-state index contributed by atoms with van der Waals surface area (Å²) in [6, 6.07) is 0. The lowest BCUT2D eigenvalue weighted by Gasteiger charge is -2.13. The topological polar surface area (TPSA) is 55.5 Å². The maximum absolute atomic E-state index is 8.60. The Hall–Kier alpha value is -0.120. The Morgan fingerprint density at radius 3 is 2.38 bits per heavy atom. The zero-order valence-corrected chi connectivity index (χ0v) is 5.29. The lowest BCUT2D eigenvalue weighted by atomic mass is 10.4. The van der Waals surface area contributed by atoms with Crippen molar-refractivity contribution in [3.05, 3.63) is 0 Å². The van der Waals surface area contributed by atoms with Gasteiger partial charge in [0, 0.05) is 6.61 Å². The van der Waals surface area contributed by atoms with E-state index >= 15 is 0 Å². The molecule has 3 heteroatoms. The predicted molar refractivity (Wildman–Crippen MR) is 31.3 cm³/mol. The highest BCUT2D eigenvalue weighted by Gasteiger charge is 2.06. The summed E-state index contributed by atoms with van der Waals surface area (Å²) >= 11 is 0. The number of hydrogen-bond acceptors (Lipinski definition) is 3. The summed E-state index contributed by atoms with van der Waals surface area (Å²) in [6.45, 7) is 4.18. The molecule has 0 saturated carbocycles. The molecule has 0 radical (unpaired) electrons. The summed E-state index contributed by atoms with van der Waals surface area (Å²) in [5, 5.41) is 8.60. The van der Waals surface area contributed by atoms with E-state index in [2.05, 4.69) is 0 Å². The van der Waals surface area contributed by atoms with E-state index in [9.17, 15) is 0 Å². The third-order valence-electron chi connectivity index (χ3n) is 0.911. The molecule has 0 bridgehead atoms. The first-order valence-corrected chi connectivity index (χ1v) is 2.73. The largest absolute Gasteiger partial charge is 0.376 e. The minimum Gasteiger partial charge on any atom is -0.376 e. The summed E-state index contributed by atoms with van der Waals surface area (Å²) in [5.41, 5.74) is 5.05. The molecule has 0 heterocycles. The Kier molecular flexibility index (Phi) is 3.77. The molecule has 8 heavy (non-hydrogen) atoms. The van der Waals surface area contributed by atoms with Crippen molar-refractivity contribution in [2.24, 2.45) is 5.73 Å². The van der Waals surface area contributed by atoms with Gasteiger partial charge in [0.05, 0.1) is 6.10 Å². The molecule has 0 amide bonds. The van der Waals surface area contributed by atoms with E-state index in [1.54, 1.807) is 6.92 Å². The molecule has 50 valence electrons. The van der Waals surface area contributed by atoms with Crippen LogP contribution in [0.5, 0.6) is 0 Å². The smallest absolute Gasteiger partial charge is 0.128 e. The van der Waals surface area contributed by atoms with E-state index in [0.717, 1.165) is 0 Å². The van der Waals surface area contributed by atoms with Crippen molar-refractivity contribution in [3.8, 4) is 0 Å². The minimum atomic E-state index is -0.852. The summed E-state index contributed by atoms with van der Waals surface area (Å²) in [6.07, 6.45) is -1.10. The molecule has 0 aromatic carbocycles. The molecular weight excluding hydrogens is 106 g/mol. The van der Waals surface area contributed by atoms with Gasteiger partial charge >= 0.3 is 0 Å². The SMILES string of the molecule is CCOC(C)C(N)O. The maximum atomic E-state index is 8.60. The Labute approximate surface area is 49.4 Å². The van der Waals surface area contributed by atoms with Crippen molar-refractivity contribution in [2.75, 3.05) is 6.61 Å². The van der Waals surface area contributed by atoms with Crippen LogP contribution in [0.25, 0.3) is 0 Å². The summed E-state index contributed by atoms with van der Waals surface area (Å²) in [4.78, 5) is 0. The first-order valence-electron chi connectivity index (χ1n) is 2.73. The highest BCUT2D eigenvalue weighted by atomic mass is 16.5. The van der Waals surface area contributed by atoms with Crippen LogP contribution < -0.4 is 5.73 Å². The van der Waals surface area contributed by atoms with Gasteiger partial charge in [-0.25, -0.2) is 0 Å². The van der Waals surface area contributed by atoms with Gasteiger partial charge in [-0.3, -0.25) is 0 Å². The van der Waals surface area contributed by atoms with Gasteiger partial charge in [-0.15, -0.1) is 0 Å². The summed E-state index contributed by atoms with van der Waals surface area (Å²) in [7, 11) is 0. The average Bonchev–Trinajstić information content (AvgIpc) is 1.67. The van der Waals surface area contributed by atoms with Crippen molar-refractivity contribution >= 4 is 0 Å². The molecule has 2 unspecified atom stereocenters. The Balaban J connectivity index is 3.17. The van der Waals surface area contributed by atoms with Crippen LogP contribution in [0.3, 0.4) is 0 Å². The van der Waals surface area contributed by atoms with Crippen molar-refractivity contribution in [1.29, 1.82) is 0 Å². The summed E-state index contributed by atoms with van der Waals surface area (Å²) < 4.78 is 4.93. The molecule has 3 N–H and O–H groups in total. The van der Waals surface area contributed by atoms with Crippen LogP contribution in [0.1, 0.15) is 13.8 Å². The third kappa shape index (κ3) is 2.96. The van der Waals surface area contributed by atoms with Crippen molar-refractivity contribution < 1.29 is 9.84 Å². The molecule has 0 aliphatic carbocycles. The molecule has 0 saturated heterocycles. The normalized spacial score (nSPS) is 18.0. The fraction of sp³-hybridized carbons (Fsp3) is 1.00. The number of hydrogen-bond donors (Lipinski definition) is 2. The van der Waals surface area contributed by atoms with Crippen LogP contribution in [0, 0.1) is 0 Å². The fourth-order valence-electron chi connectivity index (χ4n) is 0.361. The van der Waals surface area contributed by atoms with Crippen LogP contribution in [-0.2, 0) is 4.74 Å². The van der Waals surface area contributed by atoms with E-state index in [1.807, 2.05) is 6.92 Å². The predicted octanol–water partition coefficient (Wildman–Crippen LogP) is -0.311. The number of aliphatic hydroxyl groups is 1. The van der Waals surface area contributed by atoms with Gasteiger partial charge in [-0.2, -0.15) is 0 Å². The highest BCUT2D eigenvalue weighted by Crippen LogP contribution is 1.90. The van der Waals surface area contributed by atoms with Gasteiger partial charge in [0.1, 0.15) is 6.23 Å². The van der Waals surface area contributed by atoms with Crippen LogP contribution >= 0.6 is 0 Å². The van der Waals surface area contributed by atoms with Gasteiger partial charge in [0.15, 0.2) is 0 Å². The number of rotatable bonds is 3. The number of aliphatic hydroxyl groups excluding tert-OH is 1. The van der Waals surface area contributed by atoms with Crippen molar-refractivity contribution in [3.63, 3.8) is 0 Å². The zero-order chi connectivity index (χ0) is 6.57. The standard InChI is InChI=1S/C5H13NO2/c1-3-8-4(2)5(6)7/h4-5,7H,3,6H2,1-2H3. The van der Waals surface area contributed by atoms with Gasteiger partial charge in [0.25, 0.3) is 0 Å². The van der Waals surface area contributed by atoms with Crippen LogP contribution in [0.4, 0.5) is 0 Å². The van der Waals surface area contributed by atoms with Crippen LogP contribution in [0.2, 0.25) is 0 Å². The number of ether oxygens (including phenoxy) is 1. The van der Waals surface area contributed by atoms with Gasteiger partial charge < -0.3 is 15.6 Å². The molecule has 0 aromatic rings. The second-order valence-corrected chi connectivity index (χ2v) is 1.65. The van der Waals surface area contributed by atoms with E-state index < -0.39 is 6.23 Å². The quantitative estimate of drug-likeness (QED) is 0.501. The molecule has 0 aromatic heterocycles. The maximum Gasteiger partial charge on any atom is 0.128 e. The Bertz CT molecular complexity index is 56.4. The minimum absolute atomic E-state index is 0.250. The first kappa shape index (κ1) is 7.88. The lowest BCUT2D eigenvalue weighted by molar-refractivity contribution is -0.0181. The Morgan fingerprint density at radius 2 is 2.25 bits per heavy atom. The average molecular weight is 119 g/mol. The second-order valence-electron chi connectivity index (χ2n) is 1.65. The molecule has 0 aliphatic rings. The van der Waals surface area contributed by atoms with Crippen molar-refractivity contribution in [2.45, 2.75) is 26.2 Å². The number of nitrogens with two attached hydrogens (primary N) is 1.